The fraction of sp³-hybridized carbons (Fsp3) is 0.875. The van der Waals surface area contributed by atoms with Crippen LogP contribution in [0.5, 0.6) is 0 Å². The van der Waals surface area contributed by atoms with Crippen LogP contribution in [0.2, 0.25) is 0 Å². The summed E-state index contributed by atoms with van der Waals surface area (Å²) in [6.45, 7) is 0. The number of carbonyl (C=O) groups is 1. The highest BCUT2D eigenvalue weighted by molar-refractivity contribution is 5.68. The molecular formula is C8H15NO3. The maximum absolute atomic E-state index is 10.5. The molecular weight excluding hydrogens is 158 g/mol. The normalized spacial score (nSPS) is 35.3. The second-order valence-corrected chi connectivity index (χ2v) is 3.42. The minimum absolute atomic E-state index is 0.00546. The molecule has 1 saturated carbocycles. The van der Waals surface area contributed by atoms with Gasteiger partial charge in [0.1, 0.15) is 0 Å². The predicted molar refractivity (Wildman–Crippen MR) is 43.8 cm³/mol. The second kappa shape index (κ2) is 3.41. The third-order valence-corrected chi connectivity index (χ3v) is 2.51. The molecule has 1 rings (SSSR count). The highest BCUT2D eigenvalue weighted by Crippen LogP contribution is 2.32. The number of hydrogen-bond donors (Lipinski definition) is 2. The van der Waals surface area contributed by atoms with Crippen LogP contribution < -0.4 is 5.73 Å². The molecule has 0 spiro atoms. The number of aliphatic carboxylic acids is 1. The molecule has 0 radical (unpaired) electrons. The number of hydrogen-bond acceptors (Lipinski definition) is 3. The van der Waals surface area contributed by atoms with Crippen LogP contribution in [0.15, 0.2) is 0 Å². The summed E-state index contributed by atoms with van der Waals surface area (Å²) < 4.78 is 5.14. The number of methoxy groups -OCH3 is 1. The van der Waals surface area contributed by atoms with Crippen molar-refractivity contribution in [2.45, 2.75) is 37.3 Å². The minimum atomic E-state index is -0.846. The third kappa shape index (κ3) is 1.76. The van der Waals surface area contributed by atoms with Gasteiger partial charge in [0.2, 0.25) is 0 Å². The first kappa shape index (κ1) is 9.48. The summed E-state index contributed by atoms with van der Waals surface area (Å²) in [5, 5.41) is 8.62. The number of carboxylic acid groups (broad SMARTS) is 1. The van der Waals surface area contributed by atoms with Crippen molar-refractivity contribution in [2.75, 3.05) is 7.11 Å². The Balaban J connectivity index is 2.61. The molecule has 0 amide bonds. The molecule has 0 aromatic rings. The molecule has 1 aliphatic rings. The predicted octanol–water partition coefficient (Wildman–Crippen LogP) is 0.357. The summed E-state index contributed by atoms with van der Waals surface area (Å²) in [7, 11) is 1.58. The van der Waals surface area contributed by atoms with Gasteiger partial charge in [0.05, 0.1) is 18.1 Å². The van der Waals surface area contributed by atoms with Gasteiger partial charge < -0.3 is 15.6 Å². The number of nitrogens with two attached hydrogens (primary N) is 1. The van der Waals surface area contributed by atoms with E-state index in [9.17, 15) is 4.79 Å². The summed E-state index contributed by atoms with van der Waals surface area (Å²) in [5.74, 6) is -0.846. The molecule has 0 aromatic heterocycles. The average molecular weight is 173 g/mol. The lowest BCUT2D eigenvalue weighted by molar-refractivity contribution is -0.139. The zero-order valence-electron chi connectivity index (χ0n) is 7.25. The van der Waals surface area contributed by atoms with Gasteiger partial charge in [-0.15, -0.1) is 0 Å². The zero-order valence-corrected chi connectivity index (χ0v) is 7.25. The van der Waals surface area contributed by atoms with Crippen LogP contribution in [0, 0.1) is 0 Å². The van der Waals surface area contributed by atoms with E-state index in [2.05, 4.69) is 0 Å². The quantitative estimate of drug-likeness (QED) is 0.646. The monoisotopic (exact) mass is 173 g/mol. The van der Waals surface area contributed by atoms with Crippen LogP contribution in [0.4, 0.5) is 0 Å². The molecule has 70 valence electrons. The minimum Gasteiger partial charge on any atom is -0.481 e. The van der Waals surface area contributed by atoms with Crippen LogP contribution in [-0.2, 0) is 9.53 Å². The van der Waals surface area contributed by atoms with Gasteiger partial charge in [-0.3, -0.25) is 4.79 Å². The van der Waals surface area contributed by atoms with Crippen molar-refractivity contribution in [3.05, 3.63) is 0 Å². The Morgan fingerprint density at radius 3 is 3.00 bits per heavy atom. The smallest absolute Gasteiger partial charge is 0.305 e. The molecule has 1 fully saturated rings. The van der Waals surface area contributed by atoms with Gasteiger partial charge in [0.15, 0.2) is 0 Å². The van der Waals surface area contributed by atoms with Crippen LogP contribution >= 0.6 is 0 Å². The Kier molecular flexibility index (Phi) is 2.69. The van der Waals surface area contributed by atoms with Gasteiger partial charge in [-0.25, -0.2) is 0 Å². The second-order valence-electron chi connectivity index (χ2n) is 3.42. The molecule has 3 N–H and O–H groups in total. The molecule has 4 heteroatoms. The van der Waals surface area contributed by atoms with E-state index in [1.54, 1.807) is 7.11 Å². The van der Waals surface area contributed by atoms with Crippen LogP contribution in [0.3, 0.4) is 0 Å². The van der Waals surface area contributed by atoms with Crippen LogP contribution in [0.1, 0.15) is 25.7 Å². The van der Waals surface area contributed by atoms with E-state index in [-0.39, 0.29) is 12.5 Å². The van der Waals surface area contributed by atoms with Gasteiger partial charge in [-0.2, -0.15) is 0 Å². The number of rotatable bonds is 3. The molecule has 2 atom stereocenters. The first-order valence-corrected chi connectivity index (χ1v) is 4.12. The number of carboxylic acids is 1. The van der Waals surface area contributed by atoms with Crippen LogP contribution in [-0.4, -0.2) is 29.8 Å². The van der Waals surface area contributed by atoms with Crippen molar-refractivity contribution < 1.29 is 14.6 Å². The van der Waals surface area contributed by atoms with Crippen LogP contribution in [0.25, 0.3) is 0 Å². The van der Waals surface area contributed by atoms with Crippen molar-refractivity contribution in [2.24, 2.45) is 5.73 Å². The van der Waals surface area contributed by atoms with Gasteiger partial charge in [-0.05, 0) is 19.3 Å². The van der Waals surface area contributed by atoms with Crippen molar-refractivity contribution in [3.8, 4) is 0 Å². The fourth-order valence-electron chi connectivity index (χ4n) is 1.90. The lowest BCUT2D eigenvalue weighted by atomic mass is 9.92. The van der Waals surface area contributed by atoms with Crippen molar-refractivity contribution in [3.63, 3.8) is 0 Å². The van der Waals surface area contributed by atoms with E-state index in [1.165, 1.54) is 0 Å². The topological polar surface area (TPSA) is 72.5 Å². The maximum Gasteiger partial charge on any atom is 0.305 e. The van der Waals surface area contributed by atoms with E-state index < -0.39 is 11.5 Å². The Morgan fingerprint density at radius 2 is 2.50 bits per heavy atom. The van der Waals surface area contributed by atoms with E-state index in [4.69, 9.17) is 15.6 Å². The fourth-order valence-corrected chi connectivity index (χ4v) is 1.90. The molecule has 0 heterocycles. The molecule has 12 heavy (non-hydrogen) atoms. The molecule has 0 saturated heterocycles. The summed E-state index contributed by atoms with van der Waals surface area (Å²) in [6, 6.07) is 0. The Bertz CT molecular complexity index is 183. The average Bonchev–Trinajstić information content (AvgIpc) is 2.28. The highest BCUT2D eigenvalue weighted by atomic mass is 16.5. The SMILES string of the molecule is COC1CCCC1(N)CC(=O)O. The van der Waals surface area contributed by atoms with Gasteiger partial charge in [0.25, 0.3) is 0 Å². The summed E-state index contributed by atoms with van der Waals surface area (Å²) in [5.41, 5.74) is 5.27. The lowest BCUT2D eigenvalue weighted by Gasteiger charge is -2.28. The third-order valence-electron chi connectivity index (χ3n) is 2.51. The van der Waals surface area contributed by atoms with E-state index in [1.807, 2.05) is 0 Å². The first-order valence-electron chi connectivity index (χ1n) is 4.12. The van der Waals surface area contributed by atoms with Gasteiger partial charge >= 0.3 is 5.97 Å². The van der Waals surface area contributed by atoms with E-state index >= 15 is 0 Å². The van der Waals surface area contributed by atoms with Gasteiger partial charge in [-0.1, -0.05) is 0 Å². The summed E-state index contributed by atoms with van der Waals surface area (Å²) in [4.78, 5) is 10.5. The largest absolute Gasteiger partial charge is 0.481 e. The summed E-state index contributed by atoms with van der Waals surface area (Å²) >= 11 is 0. The molecule has 1 aliphatic carbocycles. The molecule has 4 nitrogen and oxygen atoms in total. The van der Waals surface area contributed by atoms with Crippen molar-refractivity contribution >= 4 is 5.97 Å². The molecule has 0 aliphatic heterocycles. The highest BCUT2D eigenvalue weighted by Gasteiger charge is 2.41. The number of ether oxygens (including phenoxy) is 1. The molecule has 0 bridgehead atoms. The Morgan fingerprint density at radius 1 is 1.83 bits per heavy atom. The van der Waals surface area contributed by atoms with E-state index in [0.29, 0.717) is 0 Å². The lowest BCUT2D eigenvalue weighted by Crippen LogP contribution is -2.49. The van der Waals surface area contributed by atoms with E-state index in [0.717, 1.165) is 19.3 Å². The summed E-state index contributed by atoms with van der Waals surface area (Å²) in [6.07, 6.45) is 2.50. The van der Waals surface area contributed by atoms with Crippen molar-refractivity contribution in [1.29, 1.82) is 0 Å². The van der Waals surface area contributed by atoms with Crippen molar-refractivity contribution in [1.82, 2.24) is 0 Å². The molecule has 2 unspecified atom stereocenters. The Labute approximate surface area is 71.7 Å². The first-order chi connectivity index (χ1) is 5.58. The Hall–Kier alpha value is -0.610. The van der Waals surface area contributed by atoms with Gasteiger partial charge in [0, 0.05) is 7.11 Å². The maximum atomic E-state index is 10.5. The molecule has 0 aromatic carbocycles. The zero-order chi connectivity index (χ0) is 9.19. The standard InChI is InChI=1S/C8H15NO3/c1-12-6-3-2-4-8(6,9)5-7(10)11/h6H,2-5,9H2,1H3,(H,10,11).